The van der Waals surface area contributed by atoms with Gasteiger partial charge in [0.25, 0.3) is 5.91 Å². The van der Waals surface area contributed by atoms with Crippen molar-refractivity contribution in [1.29, 1.82) is 0 Å². The first-order chi connectivity index (χ1) is 15.0. The number of hydrogen-bond acceptors (Lipinski definition) is 7. The molecule has 0 fully saturated rings. The molecule has 0 aliphatic rings. The molecule has 31 heavy (non-hydrogen) atoms. The summed E-state index contributed by atoms with van der Waals surface area (Å²) in [5.74, 6) is 6.31. The highest BCUT2D eigenvalue weighted by Crippen LogP contribution is 2.16. The van der Waals surface area contributed by atoms with E-state index in [-0.39, 0.29) is 29.8 Å². The summed E-state index contributed by atoms with van der Waals surface area (Å²) < 4.78 is 16.8. The van der Waals surface area contributed by atoms with Crippen molar-refractivity contribution in [2.75, 3.05) is 52.3 Å². The molecular weight excluding hydrogens is 418 g/mol. The van der Waals surface area contributed by atoms with E-state index < -0.39 is 0 Å². The van der Waals surface area contributed by atoms with Crippen LogP contribution in [0.25, 0.3) is 0 Å². The molecule has 0 bridgehead atoms. The number of hydrogen-bond donors (Lipinski definition) is 3. The summed E-state index contributed by atoms with van der Waals surface area (Å²) >= 11 is 1.50. The van der Waals surface area contributed by atoms with Crippen LogP contribution < -0.4 is 21.1 Å². The Hall–Kier alpha value is -2.25. The Kier molecular flexibility index (Phi) is 14.2. The van der Waals surface area contributed by atoms with Gasteiger partial charge in [-0.05, 0) is 24.5 Å². The van der Waals surface area contributed by atoms with Gasteiger partial charge in [-0.1, -0.05) is 31.8 Å². The topological polar surface area (TPSA) is 112 Å². The number of carbonyl (C=O) groups excluding carboxylic acids is 2. The van der Waals surface area contributed by atoms with E-state index in [1.165, 1.54) is 11.8 Å². The lowest BCUT2D eigenvalue weighted by atomic mass is 10.2. The van der Waals surface area contributed by atoms with Crippen molar-refractivity contribution in [3.63, 3.8) is 0 Å². The number of carbonyl (C=O) groups is 2. The van der Waals surface area contributed by atoms with Crippen molar-refractivity contribution >= 4 is 23.6 Å². The summed E-state index contributed by atoms with van der Waals surface area (Å²) in [5, 5.41) is 5.39. The fourth-order valence-electron chi connectivity index (χ4n) is 2.22. The van der Waals surface area contributed by atoms with Gasteiger partial charge in [0.05, 0.1) is 19.8 Å². The molecule has 0 radical (unpaired) electrons. The quantitative estimate of drug-likeness (QED) is 0.222. The van der Waals surface area contributed by atoms with Crippen LogP contribution in [0.4, 0.5) is 0 Å². The largest absolute Gasteiger partial charge is 0.490 e. The Balaban J connectivity index is 2.26. The number of ether oxygens (including phenoxy) is 3. The maximum Gasteiger partial charge on any atom is 0.251 e. The zero-order valence-corrected chi connectivity index (χ0v) is 19.3. The average molecular weight is 452 g/mol. The van der Waals surface area contributed by atoms with Crippen molar-refractivity contribution < 1.29 is 23.8 Å². The van der Waals surface area contributed by atoms with Gasteiger partial charge in [0, 0.05) is 24.6 Å². The second-order valence-corrected chi connectivity index (χ2v) is 7.72. The first kappa shape index (κ1) is 26.8. The number of rotatable bonds is 14. The predicted octanol–water partition coefficient (Wildman–Crippen LogP) is 1.25. The van der Waals surface area contributed by atoms with Crippen LogP contribution in [0.1, 0.15) is 24.2 Å². The lowest BCUT2D eigenvalue weighted by molar-refractivity contribution is -0.126. The van der Waals surface area contributed by atoms with E-state index >= 15 is 0 Å². The third kappa shape index (κ3) is 12.9. The minimum Gasteiger partial charge on any atom is -0.490 e. The highest BCUT2D eigenvalue weighted by Gasteiger charge is 2.11. The molecule has 2 amide bonds. The Morgan fingerprint density at radius 3 is 2.74 bits per heavy atom. The Morgan fingerprint density at radius 2 is 2.03 bits per heavy atom. The van der Waals surface area contributed by atoms with Crippen LogP contribution in [-0.2, 0) is 14.3 Å². The zero-order valence-electron chi connectivity index (χ0n) is 18.4. The van der Waals surface area contributed by atoms with Gasteiger partial charge in [0.15, 0.2) is 0 Å². The molecule has 0 saturated carbocycles. The lowest BCUT2D eigenvalue weighted by Crippen LogP contribution is -2.29. The summed E-state index contributed by atoms with van der Waals surface area (Å²) in [7, 11) is 0. The van der Waals surface area contributed by atoms with Crippen LogP contribution in [0.3, 0.4) is 0 Å². The molecule has 0 saturated heterocycles. The predicted molar refractivity (Wildman–Crippen MR) is 123 cm³/mol. The molecule has 0 aliphatic heterocycles. The van der Waals surface area contributed by atoms with Crippen LogP contribution in [0.2, 0.25) is 0 Å². The van der Waals surface area contributed by atoms with Crippen LogP contribution in [0.5, 0.6) is 5.75 Å². The summed E-state index contributed by atoms with van der Waals surface area (Å²) in [6.07, 6.45) is 1.91. The number of thioether (sulfide) groups is 1. The van der Waals surface area contributed by atoms with Gasteiger partial charge in [-0.3, -0.25) is 9.59 Å². The van der Waals surface area contributed by atoms with Gasteiger partial charge in [0.1, 0.15) is 24.4 Å². The summed E-state index contributed by atoms with van der Waals surface area (Å²) in [6.45, 7) is 6.00. The normalized spacial score (nSPS) is 11.4. The van der Waals surface area contributed by atoms with E-state index in [2.05, 4.69) is 22.5 Å². The van der Waals surface area contributed by atoms with Crippen LogP contribution >= 0.6 is 11.8 Å². The van der Waals surface area contributed by atoms with Gasteiger partial charge in [0.2, 0.25) is 5.91 Å². The first-order valence-corrected chi connectivity index (χ1v) is 11.4. The molecule has 0 aromatic heterocycles. The second-order valence-electron chi connectivity index (χ2n) is 6.72. The molecule has 0 aliphatic carbocycles. The van der Waals surface area contributed by atoms with E-state index in [4.69, 9.17) is 19.9 Å². The average Bonchev–Trinajstić information content (AvgIpc) is 2.77. The van der Waals surface area contributed by atoms with Gasteiger partial charge in [-0.25, -0.2) is 0 Å². The van der Waals surface area contributed by atoms with E-state index in [1.54, 1.807) is 24.3 Å². The number of nitrogens with one attached hydrogen (secondary N) is 2. The van der Waals surface area contributed by atoms with E-state index in [1.807, 2.05) is 20.1 Å². The monoisotopic (exact) mass is 451 g/mol. The number of amides is 2. The fraction of sp³-hybridized carbons (Fsp3) is 0.545. The molecule has 172 valence electrons. The van der Waals surface area contributed by atoms with Crippen molar-refractivity contribution in [2.24, 2.45) is 11.7 Å². The van der Waals surface area contributed by atoms with Gasteiger partial charge in [-0.15, -0.1) is 11.8 Å². The van der Waals surface area contributed by atoms with Gasteiger partial charge in [-0.2, -0.15) is 0 Å². The number of benzene rings is 1. The lowest BCUT2D eigenvalue weighted by Gasteiger charge is -2.17. The second kappa shape index (κ2) is 16.4. The Labute approximate surface area is 188 Å². The SMILES string of the molecule is CS[C@@H](COc1cccc(C(=O)NCCN)c1)OCCOCC(=O)NCC#CC(C)C. The molecule has 0 heterocycles. The minimum atomic E-state index is -0.210. The highest BCUT2D eigenvalue weighted by molar-refractivity contribution is 7.99. The molecule has 0 unspecified atom stereocenters. The molecule has 1 aromatic carbocycles. The molecular formula is C22H33N3O5S. The minimum absolute atomic E-state index is 0.0355. The Morgan fingerprint density at radius 1 is 1.23 bits per heavy atom. The molecule has 0 spiro atoms. The molecule has 1 aromatic rings. The van der Waals surface area contributed by atoms with E-state index in [9.17, 15) is 9.59 Å². The standard InChI is InChI=1S/C22H33N3O5S/c1-17(2)6-5-10-24-20(26)15-28-12-13-29-21(31-3)16-30-19-8-4-7-18(14-19)22(27)25-11-9-23/h4,7-8,14,17,21H,9-13,15-16,23H2,1-3H3,(H,24,26)(H,25,27)/t21-/m0/s1. The van der Waals surface area contributed by atoms with Crippen LogP contribution in [0.15, 0.2) is 24.3 Å². The highest BCUT2D eigenvalue weighted by atomic mass is 32.2. The molecule has 8 nitrogen and oxygen atoms in total. The van der Waals surface area contributed by atoms with Crippen LogP contribution in [-0.4, -0.2) is 69.6 Å². The summed E-state index contributed by atoms with van der Waals surface area (Å²) in [5.41, 5.74) is 5.70. The molecule has 1 rings (SSSR count). The van der Waals surface area contributed by atoms with Crippen LogP contribution in [0, 0.1) is 17.8 Å². The third-order valence-electron chi connectivity index (χ3n) is 3.70. The Bertz CT molecular complexity index is 733. The maximum atomic E-state index is 12.0. The van der Waals surface area contributed by atoms with Gasteiger partial charge >= 0.3 is 0 Å². The molecule has 4 N–H and O–H groups in total. The number of nitrogens with two attached hydrogens (primary N) is 1. The third-order valence-corrected chi connectivity index (χ3v) is 4.50. The first-order valence-electron chi connectivity index (χ1n) is 10.1. The van der Waals surface area contributed by atoms with Crippen molar-refractivity contribution in [1.82, 2.24) is 10.6 Å². The summed E-state index contributed by atoms with van der Waals surface area (Å²) in [6, 6.07) is 6.93. The smallest absolute Gasteiger partial charge is 0.251 e. The summed E-state index contributed by atoms with van der Waals surface area (Å²) in [4.78, 5) is 23.6. The molecule has 1 atom stereocenters. The van der Waals surface area contributed by atoms with Crippen molar-refractivity contribution in [3.05, 3.63) is 29.8 Å². The maximum absolute atomic E-state index is 12.0. The fourth-order valence-corrected chi connectivity index (χ4v) is 2.65. The molecule has 9 heteroatoms. The van der Waals surface area contributed by atoms with Crippen molar-refractivity contribution in [3.8, 4) is 17.6 Å². The zero-order chi connectivity index (χ0) is 22.9. The van der Waals surface area contributed by atoms with E-state index in [0.717, 1.165) is 0 Å². The van der Waals surface area contributed by atoms with E-state index in [0.29, 0.717) is 50.8 Å². The van der Waals surface area contributed by atoms with Gasteiger partial charge < -0.3 is 30.6 Å². The van der Waals surface area contributed by atoms with Crippen molar-refractivity contribution in [2.45, 2.75) is 19.3 Å².